The molecule has 0 N–H and O–H groups in total. The fourth-order valence-electron chi connectivity index (χ4n) is 1.42. The van der Waals surface area contributed by atoms with E-state index in [1.807, 2.05) is 6.92 Å². The number of carbonyl (C=O) groups is 1. The van der Waals surface area contributed by atoms with E-state index < -0.39 is 0 Å². The van der Waals surface area contributed by atoms with E-state index in [2.05, 4.69) is 15.1 Å². The highest BCUT2D eigenvalue weighted by Gasteiger charge is 2.08. The minimum absolute atomic E-state index is 0.554. The normalized spacial score (nSPS) is 10.3. The summed E-state index contributed by atoms with van der Waals surface area (Å²) in [6, 6.07) is 1.65. The van der Waals surface area contributed by atoms with Crippen molar-refractivity contribution in [1.82, 2.24) is 19.7 Å². The number of rotatable bonds is 2. The first-order chi connectivity index (χ1) is 7.22. The fourth-order valence-corrected chi connectivity index (χ4v) is 1.42. The van der Waals surface area contributed by atoms with Gasteiger partial charge < -0.3 is 0 Å². The van der Waals surface area contributed by atoms with Gasteiger partial charge in [-0.25, -0.2) is 9.67 Å². The van der Waals surface area contributed by atoms with Crippen molar-refractivity contribution in [1.29, 1.82) is 0 Å². The summed E-state index contributed by atoms with van der Waals surface area (Å²) in [6.45, 7) is 3.64. The lowest BCUT2D eigenvalue weighted by Crippen LogP contribution is -2.03. The molecule has 0 spiro atoms. The van der Waals surface area contributed by atoms with Gasteiger partial charge in [0.2, 0.25) is 0 Å². The number of nitrogens with zero attached hydrogens (tertiary/aromatic N) is 4. The molecular weight excluding hydrogens is 192 g/mol. The summed E-state index contributed by atoms with van der Waals surface area (Å²) < 4.78 is 1.62. The Labute approximate surface area is 86.8 Å². The third-order valence-corrected chi connectivity index (χ3v) is 2.06. The molecule has 0 saturated carbocycles. The van der Waals surface area contributed by atoms with E-state index in [-0.39, 0.29) is 0 Å². The monoisotopic (exact) mass is 202 g/mol. The van der Waals surface area contributed by atoms with Crippen LogP contribution in [0.3, 0.4) is 0 Å². The Bertz CT molecular complexity index is 504. The van der Waals surface area contributed by atoms with Gasteiger partial charge in [0.05, 0.1) is 11.9 Å². The molecule has 5 heteroatoms. The molecule has 0 aliphatic rings. The van der Waals surface area contributed by atoms with E-state index in [0.717, 1.165) is 12.1 Å². The first-order valence-corrected chi connectivity index (χ1v) is 4.52. The van der Waals surface area contributed by atoms with Gasteiger partial charge in [-0.3, -0.25) is 9.78 Å². The molecule has 15 heavy (non-hydrogen) atoms. The number of aryl methyl sites for hydroxylation is 2. The van der Waals surface area contributed by atoms with Gasteiger partial charge in [-0.15, -0.1) is 0 Å². The van der Waals surface area contributed by atoms with E-state index in [4.69, 9.17) is 0 Å². The van der Waals surface area contributed by atoms with E-state index in [0.29, 0.717) is 17.1 Å². The van der Waals surface area contributed by atoms with Gasteiger partial charge in [-0.1, -0.05) is 0 Å². The molecule has 0 atom stereocenters. The first kappa shape index (κ1) is 9.51. The smallest absolute Gasteiger partial charge is 0.152 e. The maximum atomic E-state index is 10.8. The molecule has 76 valence electrons. The SMILES string of the molecule is Cc1nc(C)n(-c2cnccc2C=O)n1. The Morgan fingerprint density at radius 2 is 2.20 bits per heavy atom. The summed E-state index contributed by atoms with van der Waals surface area (Å²) in [7, 11) is 0. The number of aldehydes is 1. The highest BCUT2D eigenvalue weighted by atomic mass is 16.1. The maximum Gasteiger partial charge on any atom is 0.152 e. The zero-order chi connectivity index (χ0) is 10.8. The van der Waals surface area contributed by atoms with E-state index in [9.17, 15) is 4.79 Å². The number of aromatic nitrogens is 4. The van der Waals surface area contributed by atoms with Crippen molar-refractivity contribution >= 4 is 6.29 Å². The average Bonchev–Trinajstić information content (AvgIpc) is 2.57. The van der Waals surface area contributed by atoms with Crippen LogP contribution in [0.1, 0.15) is 22.0 Å². The van der Waals surface area contributed by atoms with Crippen molar-refractivity contribution in [2.24, 2.45) is 0 Å². The lowest BCUT2D eigenvalue weighted by molar-refractivity contribution is 0.112. The van der Waals surface area contributed by atoms with Crippen LogP contribution in [0.2, 0.25) is 0 Å². The lowest BCUT2D eigenvalue weighted by Gasteiger charge is -2.04. The summed E-state index contributed by atoms with van der Waals surface area (Å²) in [4.78, 5) is 19.0. The third kappa shape index (κ3) is 1.63. The molecular formula is C10H10N4O. The average molecular weight is 202 g/mol. The first-order valence-electron chi connectivity index (χ1n) is 4.52. The number of hydrogen-bond acceptors (Lipinski definition) is 4. The highest BCUT2D eigenvalue weighted by molar-refractivity contribution is 5.80. The summed E-state index contributed by atoms with van der Waals surface area (Å²) >= 11 is 0. The Morgan fingerprint density at radius 3 is 2.80 bits per heavy atom. The lowest BCUT2D eigenvalue weighted by atomic mass is 10.2. The predicted octanol–water partition coefficient (Wildman–Crippen LogP) is 1.09. The van der Waals surface area contributed by atoms with Crippen molar-refractivity contribution in [2.75, 3.05) is 0 Å². The zero-order valence-corrected chi connectivity index (χ0v) is 8.51. The van der Waals surface area contributed by atoms with Gasteiger partial charge in [0.25, 0.3) is 0 Å². The topological polar surface area (TPSA) is 60.7 Å². The molecule has 0 aromatic carbocycles. The molecule has 0 aliphatic heterocycles. The van der Waals surface area contributed by atoms with Gasteiger partial charge in [0, 0.05) is 11.8 Å². The number of hydrogen-bond donors (Lipinski definition) is 0. The molecule has 2 aromatic heterocycles. The second-order valence-corrected chi connectivity index (χ2v) is 3.17. The van der Waals surface area contributed by atoms with Crippen molar-refractivity contribution in [3.8, 4) is 5.69 Å². The molecule has 0 radical (unpaired) electrons. The van der Waals surface area contributed by atoms with Gasteiger partial charge >= 0.3 is 0 Å². The minimum Gasteiger partial charge on any atom is -0.298 e. The van der Waals surface area contributed by atoms with Crippen LogP contribution in [0.5, 0.6) is 0 Å². The zero-order valence-electron chi connectivity index (χ0n) is 8.51. The number of pyridine rings is 1. The van der Waals surface area contributed by atoms with Crippen LogP contribution in [0.25, 0.3) is 5.69 Å². The molecule has 0 bridgehead atoms. The quantitative estimate of drug-likeness (QED) is 0.684. The number of carbonyl (C=O) groups excluding carboxylic acids is 1. The van der Waals surface area contributed by atoms with Crippen molar-refractivity contribution < 1.29 is 4.79 Å². The molecule has 2 heterocycles. The molecule has 5 nitrogen and oxygen atoms in total. The van der Waals surface area contributed by atoms with Crippen LogP contribution < -0.4 is 0 Å². The van der Waals surface area contributed by atoms with Gasteiger partial charge in [0.1, 0.15) is 11.6 Å². The van der Waals surface area contributed by atoms with Crippen molar-refractivity contribution in [3.05, 3.63) is 35.7 Å². The standard InChI is InChI=1S/C10H10N4O/c1-7-12-8(2)14(13-7)10-5-11-4-3-9(10)6-15/h3-6H,1-2H3. The van der Waals surface area contributed by atoms with Gasteiger partial charge in [0.15, 0.2) is 6.29 Å². The summed E-state index contributed by atoms with van der Waals surface area (Å²) in [5.41, 5.74) is 1.21. The van der Waals surface area contributed by atoms with Crippen LogP contribution in [0, 0.1) is 13.8 Å². The van der Waals surface area contributed by atoms with Crippen LogP contribution in [-0.4, -0.2) is 26.0 Å². The molecule has 0 aliphatic carbocycles. The molecule has 0 saturated heterocycles. The molecule has 0 amide bonds. The second-order valence-electron chi connectivity index (χ2n) is 3.17. The van der Waals surface area contributed by atoms with Crippen molar-refractivity contribution in [2.45, 2.75) is 13.8 Å². The van der Waals surface area contributed by atoms with Crippen molar-refractivity contribution in [3.63, 3.8) is 0 Å². The molecule has 0 unspecified atom stereocenters. The minimum atomic E-state index is 0.554. The second kappa shape index (κ2) is 3.61. The van der Waals surface area contributed by atoms with Crippen LogP contribution in [-0.2, 0) is 0 Å². The highest BCUT2D eigenvalue weighted by Crippen LogP contribution is 2.11. The van der Waals surface area contributed by atoms with Crippen LogP contribution in [0.15, 0.2) is 18.5 Å². The Hall–Kier alpha value is -2.04. The van der Waals surface area contributed by atoms with Gasteiger partial charge in [-0.05, 0) is 19.9 Å². The predicted molar refractivity (Wildman–Crippen MR) is 54.0 cm³/mol. The van der Waals surface area contributed by atoms with Crippen LogP contribution >= 0.6 is 0 Å². The molecule has 0 fully saturated rings. The summed E-state index contributed by atoms with van der Waals surface area (Å²) in [5, 5.41) is 4.20. The summed E-state index contributed by atoms with van der Waals surface area (Å²) in [6.07, 6.45) is 3.96. The Kier molecular flexibility index (Phi) is 2.29. The largest absolute Gasteiger partial charge is 0.298 e. The fraction of sp³-hybridized carbons (Fsp3) is 0.200. The molecule has 2 aromatic rings. The van der Waals surface area contributed by atoms with Crippen LogP contribution in [0.4, 0.5) is 0 Å². The molecule has 2 rings (SSSR count). The van der Waals surface area contributed by atoms with E-state index in [1.54, 1.807) is 30.1 Å². The maximum absolute atomic E-state index is 10.8. The third-order valence-electron chi connectivity index (χ3n) is 2.06. The Balaban J connectivity index is 2.63. The van der Waals surface area contributed by atoms with E-state index >= 15 is 0 Å². The van der Waals surface area contributed by atoms with E-state index in [1.165, 1.54) is 0 Å². The summed E-state index contributed by atoms with van der Waals surface area (Å²) in [5.74, 6) is 1.41. The Morgan fingerprint density at radius 1 is 1.40 bits per heavy atom. The van der Waals surface area contributed by atoms with Gasteiger partial charge in [-0.2, -0.15) is 5.10 Å².